The minimum absolute atomic E-state index is 0. The molecule has 8 heavy (non-hydrogen) atoms. The summed E-state index contributed by atoms with van der Waals surface area (Å²) in [4.78, 5) is 11.6. The molecule has 0 amide bonds. The van der Waals surface area contributed by atoms with E-state index in [0.717, 1.165) is 0 Å². The molecule has 5 nitrogen and oxygen atoms in total. The van der Waals surface area contributed by atoms with Gasteiger partial charge in [0.1, 0.15) is 0 Å². The van der Waals surface area contributed by atoms with Gasteiger partial charge in [0.15, 0.2) is 17.4 Å². The van der Waals surface area contributed by atoms with Gasteiger partial charge in [-0.3, -0.25) is 4.89 Å². The summed E-state index contributed by atoms with van der Waals surface area (Å²) in [7, 11) is 0. The van der Waals surface area contributed by atoms with E-state index in [1.165, 1.54) is 0 Å². The van der Waals surface area contributed by atoms with E-state index in [1.807, 2.05) is 0 Å². The Balaban J connectivity index is -0.0000000267. The van der Waals surface area contributed by atoms with Crippen molar-refractivity contribution in [2.45, 2.75) is 0 Å². The molecule has 0 saturated heterocycles. The summed E-state index contributed by atoms with van der Waals surface area (Å²) in [6.07, 6.45) is -1.69. The summed E-state index contributed by atoms with van der Waals surface area (Å²) < 4.78 is 0. The molecule has 0 heterocycles. The Morgan fingerprint density at radius 1 is 1.50 bits per heavy atom. The van der Waals surface area contributed by atoms with Crippen LogP contribution in [-0.4, -0.2) is 39.4 Å². The van der Waals surface area contributed by atoms with Gasteiger partial charge >= 0.3 is 6.16 Å². The van der Waals surface area contributed by atoms with Crippen molar-refractivity contribution in [2.24, 2.45) is 0 Å². The van der Waals surface area contributed by atoms with Crippen LogP contribution in [0, 0.1) is 0 Å². The van der Waals surface area contributed by atoms with Crippen molar-refractivity contribution in [1.82, 2.24) is 0 Å². The summed E-state index contributed by atoms with van der Waals surface area (Å²) in [6.45, 7) is 0. The third-order valence-electron chi connectivity index (χ3n) is 0.0781. The molecule has 0 aliphatic rings. The maximum atomic E-state index is 8.90. The van der Waals surface area contributed by atoms with Gasteiger partial charge in [0.05, 0.1) is 0 Å². The van der Waals surface area contributed by atoms with E-state index in [-0.39, 0.29) is 42.3 Å². The molecule has 0 radical (unpaired) electrons. The van der Waals surface area contributed by atoms with E-state index < -0.39 is 6.16 Å². The van der Waals surface area contributed by atoms with Gasteiger partial charge in [-0.05, 0) is 0 Å². The molecule has 0 spiro atoms. The smallest absolute Gasteiger partial charge is 0.448 e. The quantitative estimate of drug-likeness (QED) is 0.267. The molecule has 0 fully saturated rings. The standard InChI is InChI=1S/CH2O4.Al.H2O.Zn.3H/c2-1(3)5-4;;;;;;/h4H,(H,2,3);;1H2;;;;. The Bertz CT molecular complexity index is 47.7. The SMILES string of the molecule is O.O=C(O)OO.[AlH3].[Zn]. The van der Waals surface area contributed by atoms with Crippen LogP contribution in [0.3, 0.4) is 0 Å². The normalized spacial score (nSPS) is 4.12. The van der Waals surface area contributed by atoms with Crippen LogP contribution in [0.4, 0.5) is 4.79 Å². The van der Waals surface area contributed by atoms with Crippen LogP contribution in [0.1, 0.15) is 0 Å². The molecule has 46 valence electrons. The molecule has 0 bridgehead atoms. The zero-order chi connectivity index (χ0) is 4.28. The van der Waals surface area contributed by atoms with Crippen LogP contribution in [-0.2, 0) is 24.4 Å². The van der Waals surface area contributed by atoms with E-state index in [2.05, 4.69) is 4.89 Å². The Kier molecular flexibility index (Phi) is 46.7. The largest absolute Gasteiger partial charge is 0.537 e. The van der Waals surface area contributed by atoms with E-state index in [0.29, 0.717) is 0 Å². The zero-order valence-electron chi connectivity index (χ0n) is 3.42. The van der Waals surface area contributed by atoms with Crippen LogP contribution >= 0.6 is 0 Å². The average Bonchev–Trinajstić information content (AvgIpc) is 1.38. The number of carboxylic acid groups (broad SMARTS) is 1. The molecule has 4 N–H and O–H groups in total. The zero-order valence-corrected chi connectivity index (χ0v) is 6.39. The summed E-state index contributed by atoms with van der Waals surface area (Å²) >= 11 is 0. The molecule has 0 aromatic rings. The Hall–Kier alpha value is 0.346. The van der Waals surface area contributed by atoms with E-state index in [1.54, 1.807) is 0 Å². The molecule has 0 aliphatic carbocycles. The second-order valence-electron chi connectivity index (χ2n) is 0.357. The van der Waals surface area contributed by atoms with Gasteiger partial charge in [-0.25, -0.2) is 4.79 Å². The number of rotatable bonds is 0. The van der Waals surface area contributed by atoms with Crippen molar-refractivity contribution in [3.8, 4) is 0 Å². The number of hydrogen-bond donors (Lipinski definition) is 2. The predicted molar refractivity (Wildman–Crippen MR) is 25.3 cm³/mol. The van der Waals surface area contributed by atoms with Gasteiger partial charge in [-0.15, -0.1) is 0 Å². The van der Waals surface area contributed by atoms with Crippen LogP contribution in [0.2, 0.25) is 0 Å². The maximum Gasteiger partial charge on any atom is 0.537 e. The fraction of sp³-hybridized carbons (Fsp3) is 0. The molecular weight excluding hydrogens is 184 g/mol. The molecule has 0 rings (SSSR count). The van der Waals surface area contributed by atoms with Crippen LogP contribution < -0.4 is 0 Å². The molecule has 7 heteroatoms. The van der Waals surface area contributed by atoms with E-state index in [4.69, 9.17) is 15.2 Å². The molecule has 0 unspecified atom stereocenters. The Morgan fingerprint density at radius 3 is 1.62 bits per heavy atom. The maximum absolute atomic E-state index is 8.90. The van der Waals surface area contributed by atoms with Gasteiger partial charge in [0.25, 0.3) is 0 Å². The van der Waals surface area contributed by atoms with Crippen molar-refractivity contribution in [1.29, 1.82) is 0 Å². The first kappa shape index (κ1) is 23.8. The first-order valence-corrected chi connectivity index (χ1v) is 0.814. The summed E-state index contributed by atoms with van der Waals surface area (Å²) in [6, 6.07) is 0. The second-order valence-corrected chi connectivity index (χ2v) is 0.357. The fourth-order valence-electron chi connectivity index (χ4n) is 0. The van der Waals surface area contributed by atoms with Gasteiger partial charge in [-0.1, -0.05) is 0 Å². The Labute approximate surface area is 68.8 Å². The van der Waals surface area contributed by atoms with Crippen LogP contribution in [0.5, 0.6) is 0 Å². The monoisotopic (exact) mass is 190 g/mol. The summed E-state index contributed by atoms with van der Waals surface area (Å²) in [5, 5.41) is 14.3. The van der Waals surface area contributed by atoms with Crippen molar-refractivity contribution in [3.63, 3.8) is 0 Å². The molecular formula is CH7AlO5Zn. The minimum Gasteiger partial charge on any atom is -0.448 e. The minimum atomic E-state index is -1.69. The van der Waals surface area contributed by atoms with E-state index in [9.17, 15) is 0 Å². The molecule has 0 saturated carbocycles. The number of carbonyl (C=O) groups is 1. The molecule has 0 aliphatic heterocycles. The van der Waals surface area contributed by atoms with Crippen LogP contribution in [0.15, 0.2) is 0 Å². The van der Waals surface area contributed by atoms with Gasteiger partial charge in [0.2, 0.25) is 0 Å². The number of hydrogen-bond acceptors (Lipinski definition) is 3. The van der Waals surface area contributed by atoms with E-state index >= 15 is 0 Å². The fourth-order valence-corrected chi connectivity index (χ4v) is 0. The van der Waals surface area contributed by atoms with Gasteiger partial charge in [0, 0.05) is 19.5 Å². The summed E-state index contributed by atoms with van der Waals surface area (Å²) in [5.41, 5.74) is 0. The topological polar surface area (TPSA) is 98.3 Å². The van der Waals surface area contributed by atoms with Crippen molar-refractivity contribution in [3.05, 3.63) is 0 Å². The van der Waals surface area contributed by atoms with Crippen molar-refractivity contribution >= 4 is 23.5 Å². The van der Waals surface area contributed by atoms with Gasteiger partial charge < -0.3 is 10.6 Å². The Morgan fingerprint density at radius 2 is 1.62 bits per heavy atom. The second kappa shape index (κ2) is 15.7. The average molecular weight is 191 g/mol. The molecule has 0 aromatic heterocycles. The first-order chi connectivity index (χ1) is 2.27. The predicted octanol–water partition coefficient (Wildman–Crippen LogP) is -1.86. The van der Waals surface area contributed by atoms with Crippen molar-refractivity contribution < 1.29 is 45.0 Å². The van der Waals surface area contributed by atoms with Gasteiger partial charge in [-0.2, -0.15) is 5.26 Å². The first-order valence-electron chi connectivity index (χ1n) is 0.814. The summed E-state index contributed by atoms with van der Waals surface area (Å²) in [5.74, 6) is 0. The van der Waals surface area contributed by atoms with Crippen molar-refractivity contribution in [2.75, 3.05) is 0 Å². The van der Waals surface area contributed by atoms with Crippen LogP contribution in [0.25, 0.3) is 0 Å². The third-order valence-corrected chi connectivity index (χ3v) is 0.0781. The molecule has 0 aromatic carbocycles. The third kappa shape index (κ3) is 33.0. The molecule has 0 atom stereocenters.